The number of guanidine groups is 1. The maximum atomic E-state index is 13.9. The van der Waals surface area contributed by atoms with Gasteiger partial charge in [0.2, 0.25) is 11.9 Å². The highest BCUT2D eigenvalue weighted by molar-refractivity contribution is 6.15. The molecule has 59 heavy (non-hydrogen) atoms. The monoisotopic (exact) mass is 814 g/mol. The number of benzene rings is 3. The Bertz CT molecular complexity index is 2090. The molecule has 0 aliphatic heterocycles. The first-order valence-corrected chi connectivity index (χ1v) is 19.2. The van der Waals surface area contributed by atoms with Gasteiger partial charge in [-0.05, 0) is 153 Å². The van der Waals surface area contributed by atoms with Crippen LogP contribution in [0.5, 0.6) is 5.75 Å². The number of nitrogens with zero attached hydrogens (tertiary/aromatic N) is 3. The number of carbonyl (C=O) groups is 6. The van der Waals surface area contributed by atoms with Crippen molar-refractivity contribution in [2.75, 3.05) is 11.4 Å². The van der Waals surface area contributed by atoms with Gasteiger partial charge in [-0.2, -0.15) is 0 Å². The van der Waals surface area contributed by atoms with Crippen LogP contribution in [0.3, 0.4) is 0 Å². The summed E-state index contributed by atoms with van der Waals surface area (Å²) in [6.45, 7) is 14.9. The topological polar surface area (TPSA) is 204 Å². The van der Waals surface area contributed by atoms with Crippen molar-refractivity contribution in [1.82, 2.24) is 4.90 Å². The second-order valence-electron chi connectivity index (χ2n) is 17.2. The lowest BCUT2D eigenvalue weighted by Gasteiger charge is -2.29. The lowest BCUT2D eigenvalue weighted by atomic mass is 9.80. The molecule has 0 fully saturated rings. The van der Waals surface area contributed by atoms with Crippen LogP contribution in [0.1, 0.15) is 125 Å². The molecule has 3 N–H and O–H groups in total. The molecule has 3 aromatic rings. The van der Waals surface area contributed by atoms with Crippen LogP contribution < -0.4 is 15.4 Å². The number of esters is 2. The normalized spacial score (nSPS) is 14.3. The highest BCUT2D eigenvalue weighted by Crippen LogP contribution is 2.37. The molecule has 316 valence electrons. The molecule has 3 amide bonds. The predicted molar refractivity (Wildman–Crippen MR) is 219 cm³/mol. The fourth-order valence-corrected chi connectivity index (χ4v) is 6.27. The molecule has 1 aliphatic carbocycles. The summed E-state index contributed by atoms with van der Waals surface area (Å²) in [7, 11) is 0. The molecular formula is C44H54N4O11. The van der Waals surface area contributed by atoms with Crippen molar-refractivity contribution < 1.29 is 52.8 Å². The number of aryl methyl sites for hydroxylation is 1. The van der Waals surface area contributed by atoms with Gasteiger partial charge >= 0.3 is 30.1 Å². The van der Waals surface area contributed by atoms with Crippen molar-refractivity contribution in [3.8, 4) is 5.75 Å². The van der Waals surface area contributed by atoms with Gasteiger partial charge in [-0.3, -0.25) is 9.59 Å². The highest BCUT2D eigenvalue weighted by atomic mass is 16.6. The Morgan fingerprint density at radius 2 is 1.44 bits per heavy atom. The minimum atomic E-state index is -1.10. The molecular weight excluding hydrogens is 761 g/mol. The Morgan fingerprint density at radius 3 is 2.05 bits per heavy atom. The smallest absolute Gasteiger partial charge is 0.437 e. The summed E-state index contributed by atoms with van der Waals surface area (Å²) in [6, 6.07) is 17.2. The first kappa shape index (κ1) is 45.5. The summed E-state index contributed by atoms with van der Waals surface area (Å²) in [5.74, 6) is -3.05. The van der Waals surface area contributed by atoms with Gasteiger partial charge < -0.3 is 34.7 Å². The number of ether oxygens (including phenoxy) is 4. The molecule has 0 spiro atoms. The number of hydrogen-bond donors (Lipinski definition) is 2. The van der Waals surface area contributed by atoms with Crippen molar-refractivity contribution in [1.29, 1.82) is 0 Å². The molecule has 0 radical (unpaired) electrons. The van der Waals surface area contributed by atoms with Crippen molar-refractivity contribution in [2.24, 2.45) is 10.7 Å². The molecule has 15 heteroatoms. The summed E-state index contributed by atoms with van der Waals surface area (Å²) in [5, 5.41) is 9.48. The Labute approximate surface area is 344 Å². The fraction of sp³-hybridized carbons (Fsp3) is 0.432. The van der Waals surface area contributed by atoms with Crippen molar-refractivity contribution >= 4 is 47.6 Å². The van der Waals surface area contributed by atoms with Crippen molar-refractivity contribution in [2.45, 2.75) is 117 Å². The Kier molecular flexibility index (Phi) is 14.3. The molecule has 1 aliphatic rings. The van der Waals surface area contributed by atoms with E-state index in [2.05, 4.69) is 4.99 Å². The van der Waals surface area contributed by atoms with Gasteiger partial charge in [0.15, 0.2) is 0 Å². The third-order valence-electron chi connectivity index (χ3n) is 8.59. The molecule has 0 aromatic heterocycles. The molecule has 15 nitrogen and oxygen atoms in total. The van der Waals surface area contributed by atoms with Crippen LogP contribution >= 0.6 is 0 Å². The number of aliphatic imine (C=N–C) groups is 1. The average Bonchev–Trinajstić information content (AvgIpc) is 3.09. The van der Waals surface area contributed by atoms with E-state index in [1.165, 1.54) is 41.3 Å². The van der Waals surface area contributed by atoms with E-state index in [0.29, 0.717) is 24.2 Å². The number of amides is 3. The number of carbonyl (C=O) groups excluding carboxylic acids is 5. The van der Waals surface area contributed by atoms with Gasteiger partial charge in [0.1, 0.15) is 29.1 Å². The lowest BCUT2D eigenvalue weighted by Crippen LogP contribution is -2.45. The van der Waals surface area contributed by atoms with Gasteiger partial charge in [-0.25, -0.2) is 24.1 Å². The third kappa shape index (κ3) is 14.0. The summed E-state index contributed by atoms with van der Waals surface area (Å²) in [4.78, 5) is 83.3. The van der Waals surface area contributed by atoms with E-state index in [1.54, 1.807) is 86.6 Å². The van der Waals surface area contributed by atoms with Gasteiger partial charge in [0.05, 0.1) is 16.8 Å². The first-order chi connectivity index (χ1) is 27.4. The Hall–Kier alpha value is -6.25. The third-order valence-corrected chi connectivity index (χ3v) is 8.59. The minimum absolute atomic E-state index is 0.0146. The molecule has 4 rings (SSSR count). The average molecular weight is 815 g/mol. The van der Waals surface area contributed by atoms with Crippen LogP contribution in [0.25, 0.3) is 0 Å². The quantitative estimate of drug-likeness (QED) is 0.0662. The molecule has 0 heterocycles. The largest absolute Gasteiger partial charge is 0.478 e. The van der Waals surface area contributed by atoms with Gasteiger partial charge in [-0.1, -0.05) is 18.2 Å². The van der Waals surface area contributed by atoms with Crippen LogP contribution in [0.2, 0.25) is 0 Å². The van der Waals surface area contributed by atoms with E-state index in [4.69, 9.17) is 24.7 Å². The molecule has 3 aromatic carbocycles. The molecule has 0 bridgehead atoms. The van der Waals surface area contributed by atoms with Crippen LogP contribution in [0.15, 0.2) is 71.7 Å². The molecule has 1 atom stereocenters. The van der Waals surface area contributed by atoms with E-state index in [-0.39, 0.29) is 48.1 Å². The predicted octanol–water partition coefficient (Wildman–Crippen LogP) is 7.78. The molecule has 1 unspecified atom stereocenters. The van der Waals surface area contributed by atoms with E-state index < -0.39 is 52.9 Å². The maximum absolute atomic E-state index is 13.9. The SMILES string of the molecule is CC(C)(C)OC(=O)CN(Cc1cccc(C(=O)O)c1)C(=O)CC1CCCc2cc(OC(=O)c3ccc(N(C(=O)OC(C)(C)C)C(N)=NC(=O)OC(C)(C)C)cc3)ccc21. The van der Waals surface area contributed by atoms with Crippen LogP contribution in [-0.4, -0.2) is 75.3 Å². The van der Waals surface area contributed by atoms with E-state index in [1.807, 2.05) is 6.07 Å². The summed E-state index contributed by atoms with van der Waals surface area (Å²) in [6.07, 6.45) is 0.349. The summed E-state index contributed by atoms with van der Waals surface area (Å²) >= 11 is 0. The number of carboxylic acids is 1. The number of aromatic carboxylic acids is 1. The number of nitrogens with two attached hydrogens (primary N) is 1. The maximum Gasteiger partial charge on any atom is 0.437 e. The lowest BCUT2D eigenvalue weighted by molar-refractivity contribution is -0.159. The molecule has 0 saturated heterocycles. The number of anilines is 1. The van der Waals surface area contributed by atoms with Crippen LogP contribution in [0.4, 0.5) is 15.3 Å². The first-order valence-electron chi connectivity index (χ1n) is 19.2. The van der Waals surface area contributed by atoms with Crippen molar-refractivity contribution in [3.63, 3.8) is 0 Å². The minimum Gasteiger partial charge on any atom is -0.478 e. The highest BCUT2D eigenvalue weighted by Gasteiger charge is 2.30. The zero-order valence-electron chi connectivity index (χ0n) is 35.1. The number of carboxylic acid groups (broad SMARTS) is 1. The molecule has 0 saturated carbocycles. The van der Waals surface area contributed by atoms with E-state index in [0.717, 1.165) is 22.4 Å². The van der Waals surface area contributed by atoms with E-state index >= 15 is 0 Å². The standard InChI is InChI=1S/C44H54N4O11/c1-42(2,3)57-36(50)26-47(25-27-12-10-15-31(22-27)37(51)52)35(49)24-30-14-11-13-29-23-33(20-21-34(29)30)56-38(53)28-16-18-32(19-17-28)48(41(55)59-44(7,8)9)39(45)46-40(54)58-43(4,5)6/h10,12,15-23,30H,11,13-14,24-26H2,1-9H3,(H,51,52)(H2,45,46,54). The zero-order chi connectivity index (χ0) is 43.9. The van der Waals surface area contributed by atoms with E-state index in [9.17, 15) is 33.9 Å². The number of rotatable bonds is 10. The Morgan fingerprint density at radius 1 is 0.797 bits per heavy atom. The number of fused-ring (bicyclic) bond motifs is 1. The summed E-state index contributed by atoms with van der Waals surface area (Å²) in [5.41, 5.74) is 6.36. The summed E-state index contributed by atoms with van der Waals surface area (Å²) < 4.78 is 21.9. The van der Waals surface area contributed by atoms with Gasteiger partial charge in [0, 0.05) is 13.0 Å². The fourth-order valence-electron chi connectivity index (χ4n) is 6.27. The van der Waals surface area contributed by atoms with Crippen molar-refractivity contribution in [3.05, 3.63) is 94.5 Å². The zero-order valence-corrected chi connectivity index (χ0v) is 35.1. The second kappa shape index (κ2) is 18.6. The van der Waals surface area contributed by atoms with Gasteiger partial charge in [0.25, 0.3) is 0 Å². The van der Waals surface area contributed by atoms with Gasteiger partial charge in [-0.15, -0.1) is 4.99 Å². The number of hydrogen-bond acceptors (Lipinski definition) is 10. The Balaban J connectivity index is 1.50. The van der Waals surface area contributed by atoms with Crippen LogP contribution in [0, 0.1) is 0 Å². The second-order valence-corrected chi connectivity index (χ2v) is 17.2. The van der Waals surface area contributed by atoms with Crippen LogP contribution in [-0.2, 0) is 36.8 Å².